The van der Waals surface area contributed by atoms with Crippen molar-refractivity contribution in [2.45, 2.75) is 50.8 Å². The number of fused-ring (bicyclic) bond motifs is 2. The average Bonchev–Trinajstić information content (AvgIpc) is 3.48. The molecule has 1 aromatic carbocycles. The second kappa shape index (κ2) is 8.83. The van der Waals surface area contributed by atoms with Crippen molar-refractivity contribution in [2.24, 2.45) is 0 Å². The fourth-order valence-electron chi connectivity index (χ4n) is 5.27. The first-order chi connectivity index (χ1) is 17.5. The van der Waals surface area contributed by atoms with E-state index < -0.39 is 5.60 Å². The molecule has 182 valence electrons. The van der Waals surface area contributed by atoms with Crippen LogP contribution in [0.3, 0.4) is 0 Å². The van der Waals surface area contributed by atoms with Crippen molar-refractivity contribution in [2.75, 3.05) is 0 Å². The quantitative estimate of drug-likeness (QED) is 0.351. The number of aromatic amines is 1. The molecule has 36 heavy (non-hydrogen) atoms. The van der Waals surface area contributed by atoms with Crippen LogP contribution < -0.4 is 5.32 Å². The lowest BCUT2D eigenvalue weighted by molar-refractivity contribution is -0.0204. The van der Waals surface area contributed by atoms with Gasteiger partial charge >= 0.3 is 0 Å². The maximum atomic E-state index is 13.2. The van der Waals surface area contributed by atoms with Crippen molar-refractivity contribution >= 4 is 28.0 Å². The Bertz CT molecular complexity index is 1570. The third-order valence-electron chi connectivity index (χ3n) is 6.99. The predicted molar refractivity (Wildman–Crippen MR) is 136 cm³/mol. The summed E-state index contributed by atoms with van der Waals surface area (Å²) < 4.78 is 1.90. The molecule has 4 heterocycles. The number of amides is 1. The zero-order chi connectivity index (χ0) is 24.7. The Kier molecular flexibility index (Phi) is 5.49. The SMILES string of the molecule is Cc1cc(-c2n[nH]c3ccc(C(=O)N[C@@H]4CCC[C@](O)(Cn5cnc6cccnc65)C4)cc23)ccn1. The Hall–Kier alpha value is -4.11. The largest absolute Gasteiger partial charge is 0.388 e. The minimum Gasteiger partial charge on any atom is -0.388 e. The molecule has 1 amide bonds. The third-order valence-corrected chi connectivity index (χ3v) is 6.99. The Labute approximate surface area is 207 Å². The molecule has 4 aromatic heterocycles. The van der Waals surface area contributed by atoms with Crippen LogP contribution in [0.25, 0.3) is 33.3 Å². The number of benzene rings is 1. The van der Waals surface area contributed by atoms with Crippen molar-refractivity contribution in [3.05, 3.63) is 72.4 Å². The van der Waals surface area contributed by atoms with E-state index in [0.717, 1.165) is 51.9 Å². The fraction of sp³-hybridized carbons (Fsp3) is 0.296. The molecule has 1 fully saturated rings. The van der Waals surface area contributed by atoms with Crippen LogP contribution in [-0.2, 0) is 6.54 Å². The molecule has 0 unspecified atom stereocenters. The lowest BCUT2D eigenvalue weighted by atomic mass is 9.81. The first kappa shape index (κ1) is 22.4. The monoisotopic (exact) mass is 481 g/mol. The number of nitrogens with zero attached hydrogens (tertiary/aromatic N) is 5. The van der Waals surface area contributed by atoms with Crippen LogP contribution in [0.15, 0.2) is 61.2 Å². The van der Waals surface area contributed by atoms with Gasteiger partial charge in [0, 0.05) is 40.6 Å². The Morgan fingerprint density at radius 3 is 3.00 bits per heavy atom. The van der Waals surface area contributed by atoms with Gasteiger partial charge in [-0.2, -0.15) is 5.10 Å². The lowest BCUT2D eigenvalue weighted by Crippen LogP contribution is -2.47. The van der Waals surface area contributed by atoms with Gasteiger partial charge in [0.25, 0.3) is 5.91 Å². The topological polar surface area (TPSA) is 122 Å². The van der Waals surface area contributed by atoms with Crippen LogP contribution in [0.5, 0.6) is 0 Å². The number of H-pyrrole nitrogens is 1. The third kappa shape index (κ3) is 4.22. The molecule has 2 atom stereocenters. The number of carbonyl (C=O) groups is 1. The molecule has 9 heteroatoms. The van der Waals surface area contributed by atoms with Gasteiger partial charge in [-0.25, -0.2) is 9.97 Å². The second-order valence-corrected chi connectivity index (χ2v) is 9.73. The van der Waals surface area contributed by atoms with Crippen LogP contribution in [0.1, 0.15) is 41.7 Å². The number of aryl methyl sites for hydroxylation is 1. The van der Waals surface area contributed by atoms with Crippen LogP contribution in [0.4, 0.5) is 0 Å². The van der Waals surface area contributed by atoms with Gasteiger partial charge in [0.05, 0.1) is 24.0 Å². The van der Waals surface area contributed by atoms with Crippen LogP contribution in [-0.4, -0.2) is 52.4 Å². The van der Waals surface area contributed by atoms with E-state index in [-0.39, 0.29) is 11.9 Å². The van der Waals surface area contributed by atoms with Gasteiger partial charge in [0.2, 0.25) is 0 Å². The first-order valence-corrected chi connectivity index (χ1v) is 12.2. The van der Waals surface area contributed by atoms with E-state index >= 15 is 0 Å². The van der Waals surface area contributed by atoms with Crippen molar-refractivity contribution < 1.29 is 9.90 Å². The summed E-state index contributed by atoms with van der Waals surface area (Å²) in [6.45, 7) is 2.33. The van der Waals surface area contributed by atoms with Gasteiger partial charge in [-0.3, -0.25) is 14.9 Å². The minimum absolute atomic E-state index is 0.124. The van der Waals surface area contributed by atoms with Crippen molar-refractivity contribution in [1.29, 1.82) is 0 Å². The van der Waals surface area contributed by atoms with E-state index in [9.17, 15) is 9.90 Å². The summed E-state index contributed by atoms with van der Waals surface area (Å²) in [5.74, 6) is -0.154. The minimum atomic E-state index is -0.942. The molecule has 1 aliphatic rings. The molecule has 6 rings (SSSR count). The summed E-state index contributed by atoms with van der Waals surface area (Å²) >= 11 is 0. The number of aliphatic hydroxyl groups is 1. The van der Waals surface area contributed by atoms with Gasteiger partial charge < -0.3 is 15.0 Å². The molecule has 5 aromatic rings. The molecule has 1 saturated carbocycles. The van der Waals surface area contributed by atoms with Gasteiger partial charge in [0.1, 0.15) is 11.2 Å². The lowest BCUT2D eigenvalue weighted by Gasteiger charge is -2.37. The van der Waals surface area contributed by atoms with E-state index in [1.165, 1.54) is 0 Å². The Morgan fingerprint density at radius 1 is 1.19 bits per heavy atom. The number of nitrogens with one attached hydrogen (secondary N) is 2. The molecule has 0 saturated heterocycles. The molecule has 3 N–H and O–H groups in total. The summed E-state index contributed by atoms with van der Waals surface area (Å²) in [5.41, 5.74) is 4.69. The van der Waals surface area contributed by atoms with Gasteiger partial charge in [0.15, 0.2) is 5.65 Å². The summed E-state index contributed by atoms with van der Waals surface area (Å²) in [4.78, 5) is 26.3. The van der Waals surface area contributed by atoms with E-state index in [1.807, 2.05) is 47.9 Å². The fourth-order valence-corrected chi connectivity index (χ4v) is 5.27. The summed E-state index contributed by atoms with van der Waals surface area (Å²) in [6.07, 6.45) is 8.00. The summed E-state index contributed by atoms with van der Waals surface area (Å²) in [5, 5.41) is 23.0. The van der Waals surface area contributed by atoms with E-state index in [2.05, 4.69) is 30.5 Å². The maximum Gasteiger partial charge on any atom is 0.251 e. The van der Waals surface area contributed by atoms with Gasteiger partial charge in [-0.15, -0.1) is 0 Å². The number of aromatic nitrogens is 6. The van der Waals surface area contributed by atoms with Crippen LogP contribution in [0.2, 0.25) is 0 Å². The van der Waals surface area contributed by atoms with Crippen LogP contribution >= 0.6 is 0 Å². The summed E-state index contributed by atoms with van der Waals surface area (Å²) in [7, 11) is 0. The van der Waals surface area contributed by atoms with Crippen molar-refractivity contribution in [1.82, 2.24) is 35.0 Å². The van der Waals surface area contributed by atoms with Crippen molar-refractivity contribution in [3.8, 4) is 11.3 Å². The highest BCUT2D eigenvalue weighted by molar-refractivity contribution is 6.01. The molecular weight excluding hydrogens is 454 g/mol. The molecule has 0 bridgehead atoms. The zero-order valence-electron chi connectivity index (χ0n) is 20.0. The first-order valence-electron chi connectivity index (χ1n) is 12.2. The number of pyridine rings is 2. The number of rotatable bonds is 5. The standard InChI is InChI=1S/C27H27N7O2/c1-17-12-18(8-11-28-17)24-21-13-19(6-7-22(21)32-33-24)26(35)31-20-4-2-9-27(36,14-20)15-34-16-30-23-5-3-10-29-25(23)34/h3,5-8,10-13,16,20,36H,2,4,9,14-15H2,1H3,(H,31,35)(H,32,33)/t20-,27-/m1/s1. The molecule has 9 nitrogen and oxygen atoms in total. The number of carbonyl (C=O) groups excluding carboxylic acids is 1. The Morgan fingerprint density at radius 2 is 2.11 bits per heavy atom. The average molecular weight is 482 g/mol. The highest BCUT2D eigenvalue weighted by Gasteiger charge is 2.36. The number of hydrogen-bond acceptors (Lipinski definition) is 6. The zero-order valence-corrected chi connectivity index (χ0v) is 20.0. The van der Waals surface area contributed by atoms with Crippen LogP contribution in [0, 0.1) is 6.92 Å². The molecular formula is C27H27N7O2. The molecule has 0 spiro atoms. The maximum absolute atomic E-state index is 13.2. The number of imidazole rings is 1. The highest BCUT2D eigenvalue weighted by Crippen LogP contribution is 2.32. The molecule has 0 radical (unpaired) electrons. The summed E-state index contributed by atoms with van der Waals surface area (Å²) in [6, 6.07) is 13.1. The second-order valence-electron chi connectivity index (χ2n) is 9.73. The van der Waals surface area contributed by atoms with E-state index in [1.54, 1.807) is 24.8 Å². The Balaban J connectivity index is 1.20. The van der Waals surface area contributed by atoms with Crippen molar-refractivity contribution in [3.63, 3.8) is 0 Å². The van der Waals surface area contributed by atoms with Gasteiger partial charge in [-0.1, -0.05) is 0 Å². The van der Waals surface area contributed by atoms with Gasteiger partial charge in [-0.05, 0) is 75.1 Å². The highest BCUT2D eigenvalue weighted by atomic mass is 16.3. The van der Waals surface area contributed by atoms with E-state index in [0.29, 0.717) is 24.9 Å². The smallest absolute Gasteiger partial charge is 0.251 e. The predicted octanol–water partition coefficient (Wildman–Crippen LogP) is 3.78. The van der Waals surface area contributed by atoms with E-state index in [4.69, 9.17) is 0 Å². The molecule has 0 aliphatic heterocycles. The molecule has 1 aliphatic carbocycles. The number of hydrogen-bond donors (Lipinski definition) is 3. The normalized spacial score (nSPS) is 20.1.